The number of benzene rings is 2. The maximum atomic E-state index is 12.6. The summed E-state index contributed by atoms with van der Waals surface area (Å²) in [6, 6.07) is 14.5. The minimum absolute atomic E-state index is 0.0511. The predicted octanol–water partition coefficient (Wildman–Crippen LogP) is 2.48. The molecular formula is C22H22N4O3. The number of H-pyrrole nitrogens is 1. The minimum atomic E-state index is -0.452. The van der Waals surface area contributed by atoms with Crippen molar-refractivity contribution >= 4 is 34.1 Å². The fraction of sp³-hybridized carbons (Fsp3) is 0.227. The van der Waals surface area contributed by atoms with Crippen molar-refractivity contribution < 1.29 is 9.59 Å². The second kappa shape index (κ2) is 7.79. The molecule has 0 bridgehead atoms. The van der Waals surface area contributed by atoms with E-state index in [2.05, 4.69) is 15.2 Å². The van der Waals surface area contributed by atoms with Crippen molar-refractivity contribution in [2.24, 2.45) is 11.7 Å². The molecule has 29 heavy (non-hydrogen) atoms. The van der Waals surface area contributed by atoms with E-state index in [4.69, 9.17) is 5.73 Å². The third-order valence-electron chi connectivity index (χ3n) is 5.42. The highest BCUT2D eigenvalue weighted by Gasteiger charge is 2.23. The summed E-state index contributed by atoms with van der Waals surface area (Å²) in [5, 5.41) is 3.26. The molecule has 3 aromatic rings. The molecule has 148 valence electrons. The van der Waals surface area contributed by atoms with Crippen molar-refractivity contribution in [1.82, 2.24) is 4.98 Å². The maximum Gasteiger partial charge on any atom is 0.261 e. The van der Waals surface area contributed by atoms with Crippen molar-refractivity contribution in [3.05, 3.63) is 70.5 Å². The quantitative estimate of drug-likeness (QED) is 0.636. The number of rotatable bonds is 4. The van der Waals surface area contributed by atoms with E-state index in [1.807, 2.05) is 30.3 Å². The number of hydrogen-bond donors (Lipinski definition) is 3. The summed E-state index contributed by atoms with van der Waals surface area (Å²) in [7, 11) is 0. The molecule has 1 aliphatic rings. The summed E-state index contributed by atoms with van der Waals surface area (Å²) in [5.41, 5.74) is 7.48. The topological polar surface area (TPSA) is 108 Å². The van der Waals surface area contributed by atoms with Gasteiger partial charge in [-0.15, -0.1) is 0 Å². The van der Waals surface area contributed by atoms with E-state index >= 15 is 0 Å². The molecular weight excluding hydrogens is 368 g/mol. The van der Waals surface area contributed by atoms with Crippen molar-refractivity contribution in [2.75, 3.05) is 23.3 Å². The zero-order valence-corrected chi connectivity index (χ0v) is 15.9. The number of nitrogens with two attached hydrogens (primary N) is 1. The molecule has 1 saturated heterocycles. The van der Waals surface area contributed by atoms with E-state index in [1.165, 1.54) is 6.20 Å². The molecule has 1 fully saturated rings. The Hall–Kier alpha value is -3.61. The van der Waals surface area contributed by atoms with Gasteiger partial charge in [0.2, 0.25) is 11.3 Å². The predicted molar refractivity (Wildman–Crippen MR) is 113 cm³/mol. The van der Waals surface area contributed by atoms with Crippen LogP contribution in [0.3, 0.4) is 0 Å². The van der Waals surface area contributed by atoms with Crippen LogP contribution in [0, 0.1) is 5.92 Å². The van der Waals surface area contributed by atoms with E-state index in [0.29, 0.717) is 16.6 Å². The number of fused-ring (bicyclic) bond motifs is 1. The Morgan fingerprint density at radius 3 is 2.41 bits per heavy atom. The molecule has 4 rings (SSSR count). The maximum absolute atomic E-state index is 12.6. The van der Waals surface area contributed by atoms with Gasteiger partial charge >= 0.3 is 0 Å². The lowest BCUT2D eigenvalue weighted by atomic mass is 9.96. The Kier molecular flexibility index (Phi) is 5.03. The summed E-state index contributed by atoms with van der Waals surface area (Å²) >= 11 is 0. The second-order valence-electron chi connectivity index (χ2n) is 7.24. The van der Waals surface area contributed by atoms with Crippen LogP contribution < -0.4 is 21.4 Å². The van der Waals surface area contributed by atoms with Gasteiger partial charge in [-0.05, 0) is 49.2 Å². The Morgan fingerprint density at radius 1 is 1.03 bits per heavy atom. The Balaban J connectivity index is 1.45. The number of amides is 2. The molecule has 7 nitrogen and oxygen atoms in total. The highest BCUT2D eigenvalue weighted by molar-refractivity contribution is 6.05. The molecule has 2 aromatic carbocycles. The van der Waals surface area contributed by atoms with Crippen LogP contribution in [0.5, 0.6) is 0 Å². The number of nitrogens with one attached hydrogen (secondary N) is 2. The summed E-state index contributed by atoms with van der Waals surface area (Å²) in [5.74, 6) is -0.733. The number of aromatic amines is 1. The first kappa shape index (κ1) is 18.7. The lowest BCUT2D eigenvalue weighted by Crippen LogP contribution is -2.38. The fourth-order valence-corrected chi connectivity index (χ4v) is 3.71. The number of primary amides is 1. The van der Waals surface area contributed by atoms with E-state index in [1.54, 1.807) is 18.2 Å². The number of pyridine rings is 1. The zero-order chi connectivity index (χ0) is 20.4. The van der Waals surface area contributed by atoms with E-state index in [0.717, 1.165) is 31.6 Å². The van der Waals surface area contributed by atoms with Crippen molar-refractivity contribution in [2.45, 2.75) is 12.8 Å². The van der Waals surface area contributed by atoms with Crippen molar-refractivity contribution in [1.29, 1.82) is 0 Å². The van der Waals surface area contributed by atoms with Gasteiger partial charge in [0.05, 0.1) is 0 Å². The highest BCUT2D eigenvalue weighted by Crippen LogP contribution is 2.24. The Bertz CT molecular complexity index is 1110. The third-order valence-corrected chi connectivity index (χ3v) is 5.42. The molecule has 7 heteroatoms. The number of nitrogens with zero attached hydrogens (tertiary/aromatic N) is 1. The largest absolute Gasteiger partial charge is 0.371 e. The van der Waals surface area contributed by atoms with E-state index in [-0.39, 0.29) is 22.8 Å². The molecule has 0 radical (unpaired) electrons. The lowest BCUT2D eigenvalue weighted by molar-refractivity contribution is -0.122. The van der Waals surface area contributed by atoms with Crippen molar-refractivity contribution in [3.8, 4) is 0 Å². The van der Waals surface area contributed by atoms with Crippen LogP contribution in [0.1, 0.15) is 23.2 Å². The number of carbonyl (C=O) groups is 2. The van der Waals surface area contributed by atoms with Gasteiger partial charge in [-0.1, -0.05) is 12.1 Å². The molecule has 0 unspecified atom stereocenters. The monoisotopic (exact) mass is 390 g/mol. The summed E-state index contributed by atoms with van der Waals surface area (Å²) in [6.45, 7) is 1.54. The van der Waals surface area contributed by atoms with Crippen LogP contribution in [-0.2, 0) is 4.79 Å². The van der Waals surface area contributed by atoms with Crippen LogP contribution in [-0.4, -0.2) is 29.9 Å². The van der Waals surface area contributed by atoms with Crippen molar-refractivity contribution in [3.63, 3.8) is 0 Å². The average Bonchev–Trinajstić information content (AvgIpc) is 2.75. The first-order valence-electron chi connectivity index (χ1n) is 9.59. The molecule has 2 heterocycles. The smallest absolute Gasteiger partial charge is 0.261 e. The minimum Gasteiger partial charge on any atom is -0.371 e. The Morgan fingerprint density at radius 2 is 1.72 bits per heavy atom. The molecule has 4 N–H and O–H groups in total. The molecule has 0 saturated carbocycles. The summed E-state index contributed by atoms with van der Waals surface area (Å²) in [6.07, 6.45) is 2.94. The molecule has 1 aliphatic heterocycles. The lowest BCUT2D eigenvalue weighted by Gasteiger charge is -2.32. The molecule has 2 amide bonds. The molecule has 0 atom stereocenters. The average molecular weight is 390 g/mol. The molecule has 0 spiro atoms. The van der Waals surface area contributed by atoms with Crippen LogP contribution in [0.15, 0.2) is 59.5 Å². The van der Waals surface area contributed by atoms with E-state index in [9.17, 15) is 14.4 Å². The van der Waals surface area contributed by atoms with Gasteiger partial charge in [0.25, 0.3) is 5.91 Å². The number of aromatic nitrogens is 1. The second-order valence-corrected chi connectivity index (χ2v) is 7.24. The SMILES string of the molecule is NC(=O)C1CCN(c2ccc(NC(=O)c3c[nH]c4ccccc4c3=O)cc2)CC1. The molecule has 0 aliphatic carbocycles. The summed E-state index contributed by atoms with van der Waals surface area (Å²) in [4.78, 5) is 41.6. The van der Waals surface area contributed by atoms with Gasteiger partial charge in [0.15, 0.2) is 0 Å². The highest BCUT2D eigenvalue weighted by atomic mass is 16.2. The van der Waals surface area contributed by atoms with Gasteiger partial charge in [0, 0.05) is 47.5 Å². The third kappa shape index (κ3) is 3.85. The number of hydrogen-bond acceptors (Lipinski definition) is 4. The van der Waals surface area contributed by atoms with Gasteiger partial charge in [-0.25, -0.2) is 0 Å². The van der Waals surface area contributed by atoms with Gasteiger partial charge in [0.1, 0.15) is 5.56 Å². The summed E-state index contributed by atoms with van der Waals surface area (Å²) < 4.78 is 0. The van der Waals surface area contributed by atoms with Crippen LogP contribution in [0.25, 0.3) is 10.9 Å². The van der Waals surface area contributed by atoms with Gasteiger partial charge < -0.3 is 20.9 Å². The Labute approximate surface area is 167 Å². The standard InChI is InChI=1S/C22H22N4O3/c23-21(28)14-9-11-26(12-10-14)16-7-5-15(6-8-16)25-22(29)18-13-24-19-4-2-1-3-17(19)20(18)27/h1-8,13-14H,9-12H2,(H2,23,28)(H,24,27)(H,25,29). The zero-order valence-electron chi connectivity index (χ0n) is 15.9. The van der Waals surface area contributed by atoms with Crippen LogP contribution in [0.4, 0.5) is 11.4 Å². The van der Waals surface area contributed by atoms with Crippen LogP contribution >= 0.6 is 0 Å². The molecule has 1 aromatic heterocycles. The van der Waals surface area contributed by atoms with Gasteiger partial charge in [-0.3, -0.25) is 14.4 Å². The first-order chi connectivity index (χ1) is 14.0. The van der Waals surface area contributed by atoms with E-state index < -0.39 is 5.91 Å². The number of para-hydroxylation sites is 1. The van der Waals surface area contributed by atoms with Crippen LogP contribution in [0.2, 0.25) is 0 Å². The number of carbonyl (C=O) groups excluding carboxylic acids is 2. The fourth-order valence-electron chi connectivity index (χ4n) is 3.71. The van der Waals surface area contributed by atoms with Gasteiger partial charge in [-0.2, -0.15) is 0 Å². The number of anilines is 2. The number of piperidine rings is 1. The normalized spacial score (nSPS) is 14.7. The first-order valence-corrected chi connectivity index (χ1v) is 9.59.